The van der Waals surface area contributed by atoms with Gasteiger partial charge in [0.05, 0.1) is 23.7 Å². The van der Waals surface area contributed by atoms with E-state index in [1.807, 2.05) is 79.0 Å². The lowest BCUT2D eigenvalue weighted by molar-refractivity contribution is 0.414. The van der Waals surface area contributed by atoms with Crippen molar-refractivity contribution in [3.05, 3.63) is 101 Å². The lowest BCUT2D eigenvalue weighted by Gasteiger charge is -2.12. The van der Waals surface area contributed by atoms with Crippen LogP contribution in [-0.4, -0.2) is 21.6 Å². The molecule has 30 heavy (non-hydrogen) atoms. The number of H-pyrrole nitrogens is 1. The molecule has 0 fully saturated rings. The number of rotatable bonds is 4. The third-order valence-electron chi connectivity index (χ3n) is 5.15. The van der Waals surface area contributed by atoms with E-state index >= 15 is 0 Å². The predicted molar refractivity (Wildman–Crippen MR) is 121 cm³/mol. The second kappa shape index (κ2) is 7.37. The van der Waals surface area contributed by atoms with Crippen LogP contribution in [0.5, 0.6) is 5.75 Å². The Kier molecular flexibility index (Phi) is 4.41. The quantitative estimate of drug-likeness (QED) is 0.465. The first-order valence-electron chi connectivity index (χ1n) is 9.65. The van der Waals surface area contributed by atoms with Gasteiger partial charge in [-0.1, -0.05) is 36.4 Å². The van der Waals surface area contributed by atoms with E-state index in [-0.39, 0.29) is 5.56 Å². The number of methoxy groups -OCH3 is 1. The Bertz CT molecular complexity index is 1460. The topological polar surface area (TPSA) is 59.9 Å². The summed E-state index contributed by atoms with van der Waals surface area (Å²) in [6.45, 7) is 0. The van der Waals surface area contributed by atoms with Gasteiger partial charge in [-0.2, -0.15) is 0 Å². The molecule has 0 radical (unpaired) electrons. The van der Waals surface area contributed by atoms with Crippen molar-refractivity contribution in [3.8, 4) is 11.4 Å². The molecule has 2 heterocycles. The van der Waals surface area contributed by atoms with E-state index in [0.29, 0.717) is 28.2 Å². The Balaban J connectivity index is 1.73. The van der Waals surface area contributed by atoms with Crippen molar-refractivity contribution in [3.63, 3.8) is 0 Å². The number of fused-ring (bicyclic) bond motifs is 2. The summed E-state index contributed by atoms with van der Waals surface area (Å²) in [6, 6.07) is 22.9. The predicted octanol–water partition coefficient (Wildman–Crippen LogP) is 5.05. The van der Waals surface area contributed by atoms with Crippen molar-refractivity contribution in [2.24, 2.45) is 0 Å². The normalized spacial score (nSPS) is 11.5. The van der Waals surface area contributed by atoms with Crippen LogP contribution in [0.1, 0.15) is 11.4 Å². The van der Waals surface area contributed by atoms with E-state index in [1.54, 1.807) is 17.7 Å². The van der Waals surface area contributed by atoms with Crippen LogP contribution in [0.3, 0.4) is 0 Å². The molecule has 0 saturated carbocycles. The number of aromatic amines is 1. The highest BCUT2D eigenvalue weighted by Crippen LogP contribution is 2.22. The fourth-order valence-electron chi connectivity index (χ4n) is 3.66. The van der Waals surface area contributed by atoms with Crippen LogP contribution in [0.2, 0.25) is 0 Å². The second-order valence-electron chi connectivity index (χ2n) is 6.95. The lowest BCUT2D eigenvalue weighted by atomic mass is 10.1. The van der Waals surface area contributed by atoms with Gasteiger partial charge in [0.25, 0.3) is 5.56 Å². The average Bonchev–Trinajstić information content (AvgIpc) is 3.21. The molecule has 3 aromatic carbocycles. The van der Waals surface area contributed by atoms with Crippen LogP contribution < -0.4 is 10.3 Å². The van der Waals surface area contributed by atoms with Gasteiger partial charge < -0.3 is 9.72 Å². The Labute approximate surface area is 172 Å². The molecule has 0 aliphatic rings. The SMILES string of the molecule is COc1cccc(-n2c(C=Cc3c[nH]c4ccccc34)nc3ccccc3c2=O)c1. The van der Waals surface area contributed by atoms with Gasteiger partial charge in [-0.25, -0.2) is 4.98 Å². The molecule has 0 spiro atoms. The van der Waals surface area contributed by atoms with Gasteiger partial charge in [0.1, 0.15) is 11.6 Å². The molecule has 2 aromatic heterocycles. The van der Waals surface area contributed by atoms with E-state index in [1.165, 1.54) is 0 Å². The molecule has 0 amide bonds. The first-order valence-corrected chi connectivity index (χ1v) is 9.65. The lowest BCUT2D eigenvalue weighted by Crippen LogP contribution is -2.22. The zero-order valence-corrected chi connectivity index (χ0v) is 16.4. The second-order valence-corrected chi connectivity index (χ2v) is 6.95. The van der Waals surface area contributed by atoms with Crippen LogP contribution in [0.4, 0.5) is 0 Å². The first kappa shape index (κ1) is 17.9. The number of aromatic nitrogens is 3. The number of hydrogen-bond acceptors (Lipinski definition) is 3. The Morgan fingerprint density at radius 2 is 1.73 bits per heavy atom. The molecular weight excluding hydrogens is 374 g/mol. The third kappa shape index (κ3) is 3.06. The largest absolute Gasteiger partial charge is 0.497 e. The number of nitrogens with one attached hydrogen (secondary N) is 1. The molecule has 0 atom stereocenters. The van der Waals surface area contributed by atoms with Gasteiger partial charge in [-0.15, -0.1) is 0 Å². The highest BCUT2D eigenvalue weighted by atomic mass is 16.5. The monoisotopic (exact) mass is 393 g/mol. The van der Waals surface area contributed by atoms with Crippen molar-refractivity contribution in [1.82, 2.24) is 14.5 Å². The summed E-state index contributed by atoms with van der Waals surface area (Å²) in [4.78, 5) is 21.4. The molecule has 0 unspecified atom stereocenters. The van der Waals surface area contributed by atoms with Gasteiger partial charge in [0.2, 0.25) is 0 Å². The van der Waals surface area contributed by atoms with Crippen molar-refractivity contribution in [1.29, 1.82) is 0 Å². The Morgan fingerprint density at radius 1 is 0.933 bits per heavy atom. The van der Waals surface area contributed by atoms with Crippen LogP contribution >= 0.6 is 0 Å². The fraction of sp³-hybridized carbons (Fsp3) is 0.0400. The molecule has 0 aliphatic heterocycles. The Hall–Kier alpha value is -4.12. The third-order valence-corrected chi connectivity index (χ3v) is 5.15. The van der Waals surface area contributed by atoms with Crippen molar-refractivity contribution in [2.75, 3.05) is 7.11 Å². The number of para-hydroxylation sites is 2. The van der Waals surface area contributed by atoms with E-state index in [4.69, 9.17) is 9.72 Å². The maximum atomic E-state index is 13.4. The van der Waals surface area contributed by atoms with Crippen LogP contribution in [0.25, 0.3) is 39.6 Å². The van der Waals surface area contributed by atoms with Gasteiger partial charge in [0.15, 0.2) is 0 Å². The molecular formula is C25H19N3O2. The number of ether oxygens (including phenoxy) is 1. The van der Waals surface area contributed by atoms with E-state index in [0.717, 1.165) is 16.5 Å². The fourth-order valence-corrected chi connectivity index (χ4v) is 3.66. The smallest absolute Gasteiger partial charge is 0.266 e. The van der Waals surface area contributed by atoms with Gasteiger partial charge in [0, 0.05) is 23.2 Å². The van der Waals surface area contributed by atoms with E-state index in [2.05, 4.69) is 11.1 Å². The molecule has 5 heteroatoms. The van der Waals surface area contributed by atoms with Crippen LogP contribution in [0.15, 0.2) is 83.8 Å². The van der Waals surface area contributed by atoms with Crippen molar-refractivity contribution < 1.29 is 4.74 Å². The average molecular weight is 393 g/mol. The highest BCUT2D eigenvalue weighted by Gasteiger charge is 2.12. The first-order chi connectivity index (χ1) is 14.7. The molecule has 1 N–H and O–H groups in total. The van der Waals surface area contributed by atoms with Gasteiger partial charge in [-0.3, -0.25) is 9.36 Å². The molecule has 5 rings (SSSR count). The summed E-state index contributed by atoms with van der Waals surface area (Å²) in [7, 11) is 1.61. The molecule has 146 valence electrons. The minimum absolute atomic E-state index is 0.118. The van der Waals surface area contributed by atoms with Gasteiger partial charge in [-0.05, 0) is 48.0 Å². The maximum Gasteiger partial charge on any atom is 0.266 e. The standard InChI is InChI=1S/C25H19N3O2/c1-30-19-8-6-7-18(15-19)28-24(27-23-12-5-3-10-21(23)25(28)29)14-13-17-16-26-22-11-4-2-9-20(17)22/h2-16,26H,1H3. The van der Waals surface area contributed by atoms with Crippen molar-refractivity contribution >= 4 is 34.0 Å². The number of hydrogen-bond donors (Lipinski definition) is 1. The van der Waals surface area contributed by atoms with Gasteiger partial charge >= 0.3 is 0 Å². The van der Waals surface area contributed by atoms with Crippen LogP contribution in [0, 0.1) is 0 Å². The number of benzene rings is 3. The van der Waals surface area contributed by atoms with Crippen LogP contribution in [-0.2, 0) is 0 Å². The minimum Gasteiger partial charge on any atom is -0.497 e. The summed E-state index contributed by atoms with van der Waals surface area (Å²) < 4.78 is 6.97. The summed E-state index contributed by atoms with van der Waals surface area (Å²) in [5.74, 6) is 1.23. The Morgan fingerprint density at radius 3 is 2.60 bits per heavy atom. The summed E-state index contributed by atoms with van der Waals surface area (Å²) >= 11 is 0. The summed E-state index contributed by atoms with van der Waals surface area (Å²) in [5.41, 5.74) is 3.35. The molecule has 0 aliphatic carbocycles. The number of nitrogens with zero attached hydrogens (tertiary/aromatic N) is 2. The summed E-state index contributed by atoms with van der Waals surface area (Å²) in [6.07, 6.45) is 5.81. The molecule has 0 bridgehead atoms. The zero-order valence-electron chi connectivity index (χ0n) is 16.4. The maximum absolute atomic E-state index is 13.4. The minimum atomic E-state index is -0.118. The zero-order chi connectivity index (χ0) is 20.5. The summed E-state index contributed by atoms with van der Waals surface area (Å²) in [5, 5.41) is 1.69. The van der Waals surface area contributed by atoms with E-state index in [9.17, 15) is 4.79 Å². The molecule has 0 saturated heterocycles. The van der Waals surface area contributed by atoms with Crippen molar-refractivity contribution in [2.45, 2.75) is 0 Å². The highest BCUT2D eigenvalue weighted by molar-refractivity contribution is 5.91. The molecule has 5 nitrogen and oxygen atoms in total. The van der Waals surface area contributed by atoms with E-state index < -0.39 is 0 Å². The molecule has 5 aromatic rings.